The van der Waals surface area contributed by atoms with Crippen molar-refractivity contribution in [2.24, 2.45) is 5.73 Å². The van der Waals surface area contributed by atoms with E-state index >= 15 is 0 Å². The number of imidazole rings is 1. The van der Waals surface area contributed by atoms with Crippen LogP contribution in [0.5, 0.6) is 0 Å². The average molecular weight is 230 g/mol. The molecule has 2 aromatic heterocycles. The SMILES string of the molecule is NCC1(c2cnc3cnccn23)CCCCC1. The molecular formula is C13H18N4. The van der Waals surface area contributed by atoms with Crippen molar-refractivity contribution in [2.45, 2.75) is 37.5 Å². The van der Waals surface area contributed by atoms with Crippen LogP contribution in [0.1, 0.15) is 37.8 Å². The van der Waals surface area contributed by atoms with Gasteiger partial charge in [0.15, 0.2) is 5.65 Å². The van der Waals surface area contributed by atoms with E-state index in [-0.39, 0.29) is 5.41 Å². The molecule has 1 aliphatic carbocycles. The van der Waals surface area contributed by atoms with E-state index in [9.17, 15) is 0 Å². The summed E-state index contributed by atoms with van der Waals surface area (Å²) in [7, 11) is 0. The second-order valence-electron chi connectivity index (χ2n) is 4.99. The average Bonchev–Trinajstić information content (AvgIpc) is 2.84. The van der Waals surface area contributed by atoms with Crippen LogP contribution in [0, 0.1) is 0 Å². The Balaban J connectivity index is 2.12. The van der Waals surface area contributed by atoms with Crippen molar-refractivity contribution in [1.29, 1.82) is 0 Å². The van der Waals surface area contributed by atoms with Crippen molar-refractivity contribution in [3.63, 3.8) is 0 Å². The molecule has 0 unspecified atom stereocenters. The molecule has 0 saturated heterocycles. The van der Waals surface area contributed by atoms with Crippen LogP contribution in [-0.2, 0) is 5.41 Å². The minimum atomic E-state index is 0.124. The Morgan fingerprint density at radius 3 is 2.82 bits per heavy atom. The first-order valence-corrected chi connectivity index (χ1v) is 6.33. The highest BCUT2D eigenvalue weighted by Gasteiger charge is 2.35. The number of fused-ring (bicyclic) bond motifs is 1. The lowest BCUT2D eigenvalue weighted by Crippen LogP contribution is -2.38. The van der Waals surface area contributed by atoms with E-state index in [1.807, 2.05) is 18.6 Å². The molecule has 2 aromatic rings. The molecule has 4 nitrogen and oxygen atoms in total. The quantitative estimate of drug-likeness (QED) is 0.857. The smallest absolute Gasteiger partial charge is 0.155 e. The number of rotatable bonds is 2. The summed E-state index contributed by atoms with van der Waals surface area (Å²) in [6.07, 6.45) is 13.8. The molecule has 2 N–H and O–H groups in total. The fraction of sp³-hybridized carbons (Fsp3) is 0.538. The minimum Gasteiger partial charge on any atom is -0.330 e. The summed E-state index contributed by atoms with van der Waals surface area (Å²) >= 11 is 0. The first-order valence-electron chi connectivity index (χ1n) is 6.33. The normalized spacial score (nSPS) is 19.6. The third-order valence-electron chi connectivity index (χ3n) is 4.06. The first kappa shape index (κ1) is 10.7. The molecule has 0 atom stereocenters. The fourth-order valence-corrected chi connectivity index (χ4v) is 3.03. The molecule has 90 valence electrons. The summed E-state index contributed by atoms with van der Waals surface area (Å²) in [4.78, 5) is 8.54. The van der Waals surface area contributed by atoms with Crippen LogP contribution in [0.25, 0.3) is 5.65 Å². The molecule has 0 amide bonds. The highest BCUT2D eigenvalue weighted by Crippen LogP contribution is 2.38. The summed E-state index contributed by atoms with van der Waals surface area (Å²) in [6, 6.07) is 0. The topological polar surface area (TPSA) is 56.2 Å². The summed E-state index contributed by atoms with van der Waals surface area (Å²) in [5, 5.41) is 0. The van der Waals surface area contributed by atoms with E-state index in [0.717, 1.165) is 5.65 Å². The van der Waals surface area contributed by atoms with E-state index < -0.39 is 0 Å². The van der Waals surface area contributed by atoms with Crippen molar-refractivity contribution in [3.8, 4) is 0 Å². The number of aromatic nitrogens is 3. The van der Waals surface area contributed by atoms with E-state index in [4.69, 9.17) is 5.73 Å². The fourth-order valence-electron chi connectivity index (χ4n) is 3.03. The molecule has 3 rings (SSSR count). The lowest BCUT2D eigenvalue weighted by molar-refractivity contribution is 0.292. The molecular weight excluding hydrogens is 212 g/mol. The number of hydrogen-bond acceptors (Lipinski definition) is 3. The standard InChI is InChI=1S/C13H18N4/c14-10-13(4-2-1-3-5-13)11-8-16-12-9-15-6-7-17(11)12/h6-9H,1-5,10,14H2. The van der Waals surface area contributed by atoms with Gasteiger partial charge in [-0.1, -0.05) is 19.3 Å². The third kappa shape index (κ3) is 1.63. The van der Waals surface area contributed by atoms with Gasteiger partial charge in [-0.25, -0.2) is 4.98 Å². The largest absolute Gasteiger partial charge is 0.330 e. The van der Waals surface area contributed by atoms with Crippen LogP contribution in [-0.4, -0.2) is 20.9 Å². The highest BCUT2D eigenvalue weighted by atomic mass is 15.0. The Bertz CT molecular complexity index is 511. The zero-order valence-electron chi connectivity index (χ0n) is 9.97. The predicted octanol–water partition coefficient (Wildman–Crippen LogP) is 1.89. The lowest BCUT2D eigenvalue weighted by atomic mass is 9.72. The van der Waals surface area contributed by atoms with Crippen LogP contribution >= 0.6 is 0 Å². The van der Waals surface area contributed by atoms with Crippen molar-refractivity contribution < 1.29 is 0 Å². The second kappa shape index (κ2) is 4.11. The van der Waals surface area contributed by atoms with Crippen LogP contribution in [0.3, 0.4) is 0 Å². The maximum absolute atomic E-state index is 6.06. The Hall–Kier alpha value is -1.42. The van der Waals surface area contributed by atoms with Crippen molar-refractivity contribution in [1.82, 2.24) is 14.4 Å². The molecule has 1 fully saturated rings. The molecule has 1 saturated carbocycles. The molecule has 0 radical (unpaired) electrons. The predicted molar refractivity (Wildman–Crippen MR) is 66.8 cm³/mol. The van der Waals surface area contributed by atoms with E-state index in [1.165, 1.54) is 37.8 Å². The van der Waals surface area contributed by atoms with Gasteiger partial charge in [-0.15, -0.1) is 0 Å². The van der Waals surface area contributed by atoms with E-state index in [0.29, 0.717) is 6.54 Å². The molecule has 0 bridgehead atoms. The zero-order valence-corrected chi connectivity index (χ0v) is 9.97. The molecule has 0 spiro atoms. The summed E-state index contributed by atoms with van der Waals surface area (Å²) < 4.78 is 2.14. The third-order valence-corrected chi connectivity index (χ3v) is 4.06. The van der Waals surface area contributed by atoms with Crippen LogP contribution in [0.2, 0.25) is 0 Å². The van der Waals surface area contributed by atoms with Gasteiger partial charge in [-0.05, 0) is 12.8 Å². The van der Waals surface area contributed by atoms with Gasteiger partial charge in [0.2, 0.25) is 0 Å². The van der Waals surface area contributed by atoms with Crippen molar-refractivity contribution >= 4 is 5.65 Å². The van der Waals surface area contributed by atoms with Crippen molar-refractivity contribution in [3.05, 3.63) is 30.5 Å². The highest BCUT2D eigenvalue weighted by molar-refractivity contribution is 5.39. The molecule has 2 heterocycles. The maximum atomic E-state index is 6.06. The van der Waals surface area contributed by atoms with Gasteiger partial charge in [0.05, 0.1) is 6.20 Å². The van der Waals surface area contributed by atoms with Crippen LogP contribution < -0.4 is 5.73 Å². The monoisotopic (exact) mass is 230 g/mol. The van der Waals surface area contributed by atoms with E-state index in [2.05, 4.69) is 14.4 Å². The van der Waals surface area contributed by atoms with Gasteiger partial charge in [0.25, 0.3) is 0 Å². The van der Waals surface area contributed by atoms with Crippen LogP contribution in [0.4, 0.5) is 0 Å². The molecule has 17 heavy (non-hydrogen) atoms. The van der Waals surface area contributed by atoms with Gasteiger partial charge in [-0.2, -0.15) is 0 Å². The van der Waals surface area contributed by atoms with Crippen molar-refractivity contribution in [2.75, 3.05) is 6.54 Å². The van der Waals surface area contributed by atoms with Gasteiger partial charge in [-0.3, -0.25) is 4.98 Å². The minimum absolute atomic E-state index is 0.124. The Morgan fingerprint density at radius 2 is 2.06 bits per heavy atom. The molecule has 0 aromatic carbocycles. The second-order valence-corrected chi connectivity index (χ2v) is 4.99. The summed E-state index contributed by atoms with van der Waals surface area (Å²) in [5.41, 5.74) is 8.37. The molecule has 0 aliphatic heterocycles. The van der Waals surface area contributed by atoms with Gasteiger partial charge >= 0.3 is 0 Å². The van der Waals surface area contributed by atoms with Crippen LogP contribution in [0.15, 0.2) is 24.8 Å². The summed E-state index contributed by atoms with van der Waals surface area (Å²) in [6.45, 7) is 0.711. The Kier molecular flexibility index (Phi) is 2.59. The maximum Gasteiger partial charge on any atom is 0.155 e. The number of nitrogens with two attached hydrogens (primary N) is 1. The molecule has 4 heteroatoms. The summed E-state index contributed by atoms with van der Waals surface area (Å²) in [5.74, 6) is 0. The Labute approximate surface area is 101 Å². The number of nitrogens with zero attached hydrogens (tertiary/aromatic N) is 3. The zero-order chi connectivity index (χ0) is 11.7. The Morgan fingerprint density at radius 1 is 1.24 bits per heavy atom. The van der Waals surface area contributed by atoms with Gasteiger partial charge in [0, 0.05) is 36.2 Å². The van der Waals surface area contributed by atoms with Gasteiger partial charge < -0.3 is 10.1 Å². The number of hydrogen-bond donors (Lipinski definition) is 1. The lowest BCUT2D eigenvalue weighted by Gasteiger charge is -2.35. The first-order chi connectivity index (χ1) is 8.36. The van der Waals surface area contributed by atoms with Gasteiger partial charge in [0.1, 0.15) is 0 Å². The molecule has 1 aliphatic rings. The van der Waals surface area contributed by atoms with E-state index in [1.54, 1.807) is 6.20 Å².